The molecule has 0 saturated carbocycles. The van der Waals surface area contributed by atoms with Crippen molar-refractivity contribution in [3.05, 3.63) is 77.3 Å². The van der Waals surface area contributed by atoms with Gasteiger partial charge in [0.05, 0.1) is 13.2 Å². The number of carbonyl (C=O) groups is 1. The first-order chi connectivity index (χ1) is 18.1. The number of benzene rings is 3. The first-order valence-corrected chi connectivity index (χ1v) is 12.5. The minimum Gasteiger partial charge on any atom is -0.489 e. The number of aromatic nitrogens is 1. The van der Waals surface area contributed by atoms with Gasteiger partial charge in [0.2, 0.25) is 0 Å². The van der Waals surface area contributed by atoms with Crippen molar-refractivity contribution >= 4 is 46.1 Å². The van der Waals surface area contributed by atoms with Crippen molar-refractivity contribution < 1.29 is 18.7 Å². The Bertz CT molecular complexity index is 1320. The molecular formula is C27H28ClN5O4. The Morgan fingerprint density at radius 2 is 1.68 bits per heavy atom. The van der Waals surface area contributed by atoms with Crippen LogP contribution in [-0.2, 0) is 11.3 Å². The minimum absolute atomic E-state index is 0.332. The van der Waals surface area contributed by atoms with Crippen molar-refractivity contribution in [2.45, 2.75) is 6.61 Å². The van der Waals surface area contributed by atoms with Gasteiger partial charge >= 0.3 is 6.03 Å². The molecule has 3 N–H and O–H groups in total. The number of amides is 2. The smallest absolute Gasteiger partial charge is 0.323 e. The molecule has 1 aliphatic heterocycles. The second-order valence-corrected chi connectivity index (χ2v) is 9.04. The van der Waals surface area contributed by atoms with Crippen molar-refractivity contribution in [1.29, 1.82) is 0 Å². The molecule has 37 heavy (non-hydrogen) atoms. The molecule has 1 saturated heterocycles. The number of rotatable bonds is 9. The topological polar surface area (TPSA) is 101 Å². The summed E-state index contributed by atoms with van der Waals surface area (Å²) >= 11 is 5.87. The molecule has 1 aromatic heterocycles. The fraction of sp³-hybridized carbons (Fsp3) is 0.259. The quantitative estimate of drug-likeness (QED) is 0.269. The van der Waals surface area contributed by atoms with Crippen molar-refractivity contribution in [3.8, 4) is 5.75 Å². The van der Waals surface area contributed by atoms with E-state index in [2.05, 4.69) is 25.8 Å². The fourth-order valence-corrected chi connectivity index (χ4v) is 4.02. The summed E-state index contributed by atoms with van der Waals surface area (Å²) in [5.41, 5.74) is 3.73. The first-order valence-electron chi connectivity index (χ1n) is 12.1. The summed E-state index contributed by atoms with van der Waals surface area (Å²) in [6.07, 6.45) is 0. The van der Waals surface area contributed by atoms with Crippen LogP contribution in [0, 0.1) is 0 Å². The first kappa shape index (κ1) is 24.9. The van der Waals surface area contributed by atoms with E-state index in [1.807, 2.05) is 42.5 Å². The zero-order valence-corrected chi connectivity index (χ0v) is 21.0. The van der Waals surface area contributed by atoms with Crippen molar-refractivity contribution in [2.24, 2.45) is 0 Å². The third-order valence-electron chi connectivity index (χ3n) is 5.89. The molecule has 192 valence electrons. The van der Waals surface area contributed by atoms with Gasteiger partial charge in [-0.05, 0) is 54.1 Å². The number of oxazole rings is 1. The maximum Gasteiger partial charge on any atom is 0.323 e. The summed E-state index contributed by atoms with van der Waals surface area (Å²) < 4.78 is 17.2. The number of urea groups is 1. The van der Waals surface area contributed by atoms with Gasteiger partial charge in [0, 0.05) is 48.6 Å². The lowest BCUT2D eigenvalue weighted by atomic mass is 10.2. The molecule has 2 heterocycles. The third kappa shape index (κ3) is 7.13. The van der Waals surface area contributed by atoms with E-state index in [-0.39, 0.29) is 6.03 Å². The highest BCUT2D eigenvalue weighted by molar-refractivity contribution is 6.30. The monoisotopic (exact) mass is 521 g/mol. The largest absolute Gasteiger partial charge is 0.489 e. The predicted octanol–water partition coefficient (Wildman–Crippen LogP) is 5.45. The second kappa shape index (κ2) is 12.0. The van der Waals surface area contributed by atoms with Gasteiger partial charge < -0.3 is 29.8 Å². The molecule has 5 rings (SSSR count). The van der Waals surface area contributed by atoms with E-state index in [1.165, 1.54) is 0 Å². The van der Waals surface area contributed by atoms with Crippen molar-refractivity contribution in [2.75, 3.05) is 55.3 Å². The third-order valence-corrected chi connectivity index (χ3v) is 6.14. The highest BCUT2D eigenvalue weighted by atomic mass is 35.5. The van der Waals surface area contributed by atoms with Crippen LogP contribution in [0.4, 0.5) is 22.2 Å². The van der Waals surface area contributed by atoms with Crippen LogP contribution < -0.4 is 20.7 Å². The molecular weight excluding hydrogens is 494 g/mol. The van der Waals surface area contributed by atoms with E-state index in [4.69, 9.17) is 25.5 Å². The molecule has 0 radical (unpaired) electrons. The number of nitrogens with one attached hydrogen (secondary N) is 3. The van der Waals surface area contributed by atoms with Crippen LogP contribution in [0.1, 0.15) is 5.56 Å². The lowest BCUT2D eigenvalue weighted by molar-refractivity contribution is 0.0398. The molecule has 0 atom stereocenters. The molecule has 9 nitrogen and oxygen atoms in total. The zero-order chi connectivity index (χ0) is 25.5. The Hall–Kier alpha value is -3.79. The number of morpholine rings is 1. The zero-order valence-electron chi connectivity index (χ0n) is 20.2. The van der Waals surface area contributed by atoms with E-state index >= 15 is 0 Å². The maximum absolute atomic E-state index is 12.2. The SMILES string of the molecule is O=C(Nc1ccc(Cl)cc1)Nc1ccc(COc2ccc3nc(NCCN4CCOCC4)oc3c2)cc1. The van der Waals surface area contributed by atoms with Crippen molar-refractivity contribution in [3.63, 3.8) is 0 Å². The highest BCUT2D eigenvalue weighted by Crippen LogP contribution is 2.24. The minimum atomic E-state index is -0.332. The number of ether oxygens (including phenoxy) is 2. The van der Waals surface area contributed by atoms with Gasteiger partial charge in [-0.1, -0.05) is 23.7 Å². The lowest BCUT2D eigenvalue weighted by Crippen LogP contribution is -2.39. The van der Waals surface area contributed by atoms with Gasteiger partial charge in [0.15, 0.2) is 5.58 Å². The summed E-state index contributed by atoms with van der Waals surface area (Å²) in [7, 11) is 0. The number of hydrogen-bond acceptors (Lipinski definition) is 7. The average Bonchev–Trinajstić information content (AvgIpc) is 3.32. The highest BCUT2D eigenvalue weighted by Gasteiger charge is 2.11. The number of halogens is 1. The Morgan fingerprint density at radius 1 is 0.973 bits per heavy atom. The van der Waals surface area contributed by atoms with Gasteiger partial charge in [-0.25, -0.2) is 4.79 Å². The lowest BCUT2D eigenvalue weighted by Gasteiger charge is -2.26. The van der Waals surface area contributed by atoms with Crippen molar-refractivity contribution in [1.82, 2.24) is 9.88 Å². The molecule has 0 spiro atoms. The van der Waals surface area contributed by atoms with Gasteiger partial charge in [0.1, 0.15) is 17.9 Å². The Morgan fingerprint density at radius 3 is 2.41 bits per heavy atom. The number of fused-ring (bicyclic) bond motifs is 1. The summed E-state index contributed by atoms with van der Waals surface area (Å²) in [4.78, 5) is 19.0. The van der Waals surface area contributed by atoms with Gasteiger partial charge in [-0.15, -0.1) is 0 Å². The van der Waals surface area contributed by atoms with E-state index < -0.39 is 0 Å². The molecule has 3 aromatic carbocycles. The van der Waals surface area contributed by atoms with E-state index in [9.17, 15) is 4.79 Å². The normalized spacial score (nSPS) is 13.9. The van der Waals surface area contributed by atoms with Crippen LogP contribution >= 0.6 is 11.6 Å². The number of hydrogen-bond donors (Lipinski definition) is 3. The second-order valence-electron chi connectivity index (χ2n) is 8.60. The van der Waals surface area contributed by atoms with Crippen LogP contribution in [-0.4, -0.2) is 55.3 Å². The van der Waals surface area contributed by atoms with E-state index in [0.29, 0.717) is 40.4 Å². The fourth-order valence-electron chi connectivity index (χ4n) is 3.89. The number of carbonyl (C=O) groups excluding carboxylic acids is 1. The standard InChI is InChI=1S/C27H28ClN5O4/c28-20-3-7-22(8-4-20)31-26(34)30-21-5-1-19(2-6-21)18-36-23-9-10-24-25(17-23)37-27(32-24)29-11-12-33-13-15-35-16-14-33/h1-10,17H,11-16,18H2,(H,29,32)(H2,30,31,34). The van der Waals surface area contributed by atoms with Crippen LogP contribution in [0.2, 0.25) is 5.02 Å². The Labute approximate surface area is 219 Å². The molecule has 2 amide bonds. The van der Waals surface area contributed by atoms with Crippen LogP contribution in [0.3, 0.4) is 0 Å². The summed E-state index contributed by atoms with van der Waals surface area (Å²) in [5.74, 6) is 0.688. The maximum atomic E-state index is 12.2. The predicted molar refractivity (Wildman–Crippen MR) is 145 cm³/mol. The molecule has 0 unspecified atom stereocenters. The molecule has 4 aromatic rings. The van der Waals surface area contributed by atoms with Crippen LogP contribution in [0.15, 0.2) is 71.1 Å². The molecule has 0 bridgehead atoms. The Balaban J connectivity index is 1.09. The van der Waals surface area contributed by atoms with E-state index in [0.717, 1.165) is 50.5 Å². The van der Waals surface area contributed by atoms with Crippen LogP contribution in [0.25, 0.3) is 11.1 Å². The average molecular weight is 522 g/mol. The number of anilines is 3. The molecule has 1 aliphatic rings. The molecule has 1 fully saturated rings. The Kier molecular flexibility index (Phi) is 8.05. The van der Waals surface area contributed by atoms with E-state index in [1.54, 1.807) is 24.3 Å². The molecule has 10 heteroatoms. The number of nitrogens with zero attached hydrogens (tertiary/aromatic N) is 2. The van der Waals surface area contributed by atoms with Crippen LogP contribution in [0.5, 0.6) is 5.75 Å². The van der Waals surface area contributed by atoms with Gasteiger partial charge in [-0.2, -0.15) is 4.98 Å². The van der Waals surface area contributed by atoms with Gasteiger partial charge in [0.25, 0.3) is 6.01 Å². The summed E-state index contributed by atoms with van der Waals surface area (Å²) in [6.45, 7) is 5.52. The molecule has 0 aliphatic carbocycles. The summed E-state index contributed by atoms with van der Waals surface area (Å²) in [6, 6.07) is 20.1. The summed E-state index contributed by atoms with van der Waals surface area (Å²) in [5, 5.41) is 9.43. The van der Waals surface area contributed by atoms with Gasteiger partial charge in [-0.3, -0.25) is 4.90 Å².